The average Bonchev–Trinajstić information content (AvgIpc) is 3.25. The second kappa shape index (κ2) is 11.3. The van der Waals surface area contributed by atoms with Crippen molar-refractivity contribution in [3.63, 3.8) is 0 Å². The van der Waals surface area contributed by atoms with Crippen molar-refractivity contribution in [3.8, 4) is 0 Å². The van der Waals surface area contributed by atoms with Crippen LogP contribution in [0, 0.1) is 13.8 Å². The average molecular weight is 541 g/mol. The maximum absolute atomic E-state index is 13.2. The van der Waals surface area contributed by atoms with Crippen LogP contribution in [0.3, 0.4) is 0 Å². The van der Waals surface area contributed by atoms with Gasteiger partial charge < -0.3 is 20.6 Å². The number of fused-ring (bicyclic) bond motifs is 1. The van der Waals surface area contributed by atoms with Crippen LogP contribution in [0.5, 0.6) is 0 Å². The predicted octanol–water partition coefficient (Wildman–Crippen LogP) is 4.69. The molecule has 0 aliphatic carbocycles. The number of aromatic carboxylic acids is 1. The number of likely N-dealkylation sites (tertiary alicyclic amines) is 1. The van der Waals surface area contributed by atoms with Crippen molar-refractivity contribution in [3.05, 3.63) is 94.0 Å². The number of carboxylic acid groups (broad SMARTS) is 1. The van der Waals surface area contributed by atoms with E-state index in [0.717, 1.165) is 37.1 Å². The molecule has 2 aliphatic heterocycles. The number of carbonyl (C=O) groups excluding carboxylic acids is 2. The molecule has 3 aromatic carbocycles. The molecule has 0 saturated carbocycles. The van der Waals surface area contributed by atoms with E-state index >= 15 is 0 Å². The van der Waals surface area contributed by atoms with Crippen LogP contribution < -0.4 is 16.1 Å². The molecular weight excluding hydrogens is 508 g/mol. The van der Waals surface area contributed by atoms with Crippen molar-refractivity contribution in [1.29, 1.82) is 0 Å². The molecule has 1 fully saturated rings. The first-order valence-corrected chi connectivity index (χ1v) is 13.2. The maximum Gasteiger partial charge on any atom is 0.336 e. The summed E-state index contributed by atoms with van der Waals surface area (Å²) >= 11 is 0. The lowest BCUT2D eigenvalue weighted by Gasteiger charge is -2.28. The summed E-state index contributed by atoms with van der Waals surface area (Å²) in [5.74, 6) is -1.69. The zero-order valence-electron chi connectivity index (χ0n) is 22.7. The number of anilines is 2. The lowest BCUT2D eigenvalue weighted by molar-refractivity contribution is -0.110. The Morgan fingerprint density at radius 3 is 2.35 bits per heavy atom. The van der Waals surface area contributed by atoms with E-state index < -0.39 is 5.97 Å². The van der Waals surface area contributed by atoms with Gasteiger partial charge in [0.2, 0.25) is 0 Å². The van der Waals surface area contributed by atoms with Crippen LogP contribution in [0.2, 0.25) is 0 Å². The first kappa shape index (κ1) is 27.1. The van der Waals surface area contributed by atoms with E-state index in [-0.39, 0.29) is 23.5 Å². The molecule has 3 aromatic rings. The lowest BCUT2D eigenvalue weighted by Crippen LogP contribution is -2.38. The third-order valence-electron chi connectivity index (χ3n) is 7.38. The number of nitrogens with one attached hydrogen (secondary N) is 3. The molecule has 4 N–H and O–H groups in total. The summed E-state index contributed by atoms with van der Waals surface area (Å²) in [4.78, 5) is 45.6. The molecule has 0 unspecified atom stereocenters. The van der Waals surface area contributed by atoms with Gasteiger partial charge in [-0.05, 0) is 80.8 Å². The standard InChI is InChI=1S/C31H32N4O5/c1-18-15-21(9-10-23(18)29(36)34-40-22-11-13-35(3)14-12-22)32-28(20-7-5-4-6-8-20)27-25-16-19(2)24(31(38)39)17-26(25)33-30(27)37/h4-10,15-17,22,32H,11-14H2,1-3H3,(H,33,37)(H,34,36)(H,38,39)/b28-27+. The highest BCUT2D eigenvalue weighted by Gasteiger charge is 2.30. The number of hydroxylamine groups is 1. The van der Waals surface area contributed by atoms with Crippen LogP contribution in [-0.2, 0) is 9.63 Å². The number of aryl methyl sites for hydroxylation is 2. The molecule has 206 valence electrons. The van der Waals surface area contributed by atoms with E-state index in [9.17, 15) is 19.5 Å². The van der Waals surface area contributed by atoms with E-state index in [0.29, 0.717) is 39.3 Å². The molecule has 40 heavy (non-hydrogen) atoms. The van der Waals surface area contributed by atoms with Gasteiger partial charge in [0.05, 0.1) is 28.6 Å². The van der Waals surface area contributed by atoms with Gasteiger partial charge in [0.1, 0.15) is 0 Å². The van der Waals surface area contributed by atoms with Gasteiger partial charge in [0, 0.05) is 29.9 Å². The van der Waals surface area contributed by atoms with Crippen molar-refractivity contribution in [2.75, 3.05) is 30.8 Å². The molecule has 0 atom stereocenters. The van der Waals surface area contributed by atoms with Gasteiger partial charge >= 0.3 is 5.97 Å². The fourth-order valence-electron chi connectivity index (χ4n) is 5.12. The summed E-state index contributed by atoms with van der Waals surface area (Å²) in [5.41, 5.74) is 8.07. The van der Waals surface area contributed by atoms with E-state index in [1.807, 2.05) is 43.3 Å². The molecule has 1 saturated heterocycles. The lowest BCUT2D eigenvalue weighted by atomic mass is 9.96. The Morgan fingerprint density at radius 1 is 0.975 bits per heavy atom. The van der Waals surface area contributed by atoms with Crippen LogP contribution >= 0.6 is 0 Å². The minimum atomic E-state index is -1.05. The topological polar surface area (TPSA) is 120 Å². The fraction of sp³-hybridized carbons (Fsp3) is 0.258. The first-order chi connectivity index (χ1) is 19.2. The van der Waals surface area contributed by atoms with Gasteiger partial charge in [0.25, 0.3) is 11.8 Å². The summed E-state index contributed by atoms with van der Waals surface area (Å²) in [6, 6.07) is 18.0. The second-order valence-electron chi connectivity index (χ2n) is 10.3. The van der Waals surface area contributed by atoms with Crippen LogP contribution in [0.1, 0.15) is 55.8 Å². The summed E-state index contributed by atoms with van der Waals surface area (Å²) < 4.78 is 0. The number of carbonyl (C=O) groups is 3. The molecule has 0 bridgehead atoms. The Kier molecular flexibility index (Phi) is 7.68. The third kappa shape index (κ3) is 5.61. The zero-order chi connectivity index (χ0) is 28.4. The van der Waals surface area contributed by atoms with Crippen molar-refractivity contribution < 1.29 is 24.3 Å². The van der Waals surface area contributed by atoms with Crippen LogP contribution in [0.25, 0.3) is 11.3 Å². The summed E-state index contributed by atoms with van der Waals surface area (Å²) in [6.45, 7) is 5.42. The number of piperidine rings is 1. The molecule has 2 amide bonds. The molecule has 2 aliphatic rings. The summed E-state index contributed by atoms with van der Waals surface area (Å²) in [5, 5.41) is 15.7. The summed E-state index contributed by atoms with van der Waals surface area (Å²) in [6.07, 6.45) is 1.73. The number of hydrogen-bond acceptors (Lipinski definition) is 6. The molecule has 9 nitrogen and oxygen atoms in total. The summed E-state index contributed by atoms with van der Waals surface area (Å²) in [7, 11) is 2.07. The van der Waals surface area contributed by atoms with Crippen LogP contribution in [-0.4, -0.2) is 54.0 Å². The van der Waals surface area contributed by atoms with Crippen molar-refractivity contribution in [2.45, 2.75) is 32.8 Å². The number of rotatable bonds is 7. The number of amides is 2. The van der Waals surface area contributed by atoms with Crippen molar-refractivity contribution in [1.82, 2.24) is 10.4 Å². The normalized spacial score (nSPS) is 16.7. The van der Waals surface area contributed by atoms with Crippen LogP contribution in [0.4, 0.5) is 11.4 Å². The van der Waals surface area contributed by atoms with E-state index in [4.69, 9.17) is 4.84 Å². The van der Waals surface area contributed by atoms with E-state index in [1.165, 1.54) is 6.07 Å². The molecule has 0 spiro atoms. The molecule has 0 radical (unpaired) electrons. The van der Waals surface area contributed by atoms with Crippen LogP contribution in [0.15, 0.2) is 60.7 Å². The maximum atomic E-state index is 13.2. The SMILES string of the molecule is Cc1cc2c(cc1C(=O)O)NC(=O)/C2=C(/Nc1ccc(C(=O)NOC2CCN(C)CC2)c(C)c1)c1ccccc1. The largest absolute Gasteiger partial charge is 0.478 e. The third-order valence-corrected chi connectivity index (χ3v) is 7.38. The van der Waals surface area contributed by atoms with Gasteiger partial charge in [0.15, 0.2) is 0 Å². The number of hydrogen-bond donors (Lipinski definition) is 4. The van der Waals surface area contributed by atoms with Gasteiger partial charge in [-0.2, -0.15) is 0 Å². The number of benzene rings is 3. The molecule has 9 heteroatoms. The zero-order valence-corrected chi connectivity index (χ0v) is 22.7. The van der Waals surface area contributed by atoms with Crippen molar-refractivity contribution >= 4 is 40.4 Å². The van der Waals surface area contributed by atoms with Crippen molar-refractivity contribution in [2.24, 2.45) is 0 Å². The Labute approximate surface area is 232 Å². The first-order valence-electron chi connectivity index (χ1n) is 13.2. The van der Waals surface area contributed by atoms with E-state index in [2.05, 4.69) is 28.1 Å². The Hall–Kier alpha value is -4.47. The van der Waals surface area contributed by atoms with Gasteiger partial charge in [-0.1, -0.05) is 30.3 Å². The Bertz CT molecular complexity index is 1510. The minimum Gasteiger partial charge on any atom is -0.478 e. The quantitative estimate of drug-likeness (QED) is 0.254. The highest BCUT2D eigenvalue weighted by Crippen LogP contribution is 2.39. The van der Waals surface area contributed by atoms with Gasteiger partial charge in [-0.15, -0.1) is 0 Å². The number of nitrogens with zero attached hydrogens (tertiary/aromatic N) is 1. The molecule has 5 rings (SSSR count). The Morgan fingerprint density at radius 2 is 1.68 bits per heavy atom. The Balaban J connectivity index is 1.44. The molecule has 2 heterocycles. The molecule has 0 aromatic heterocycles. The minimum absolute atomic E-state index is 0.00268. The van der Waals surface area contributed by atoms with Gasteiger partial charge in [-0.25, -0.2) is 10.3 Å². The van der Waals surface area contributed by atoms with Gasteiger partial charge in [-0.3, -0.25) is 14.4 Å². The molecular formula is C31H32N4O5. The fourth-order valence-corrected chi connectivity index (χ4v) is 5.12. The highest BCUT2D eigenvalue weighted by atomic mass is 16.7. The highest BCUT2D eigenvalue weighted by molar-refractivity contribution is 6.37. The second-order valence-corrected chi connectivity index (χ2v) is 10.3. The predicted molar refractivity (Wildman–Crippen MR) is 154 cm³/mol. The van der Waals surface area contributed by atoms with E-state index in [1.54, 1.807) is 25.1 Å². The monoisotopic (exact) mass is 540 g/mol. The smallest absolute Gasteiger partial charge is 0.336 e. The number of carboxylic acids is 1.